The molecule has 1 aliphatic carbocycles. The number of nitrogens with zero attached hydrogens (tertiary/aromatic N) is 3. The van der Waals surface area contributed by atoms with Gasteiger partial charge in [0, 0.05) is 13.1 Å². The third-order valence-corrected chi connectivity index (χ3v) is 4.85. The van der Waals surface area contributed by atoms with Gasteiger partial charge >= 0.3 is 0 Å². The first-order valence-electron chi connectivity index (χ1n) is 9.15. The fraction of sp³-hybridized carbons (Fsp3) is 0.526. The minimum Gasteiger partial charge on any atom is -0.368 e. The fourth-order valence-corrected chi connectivity index (χ4v) is 3.08. The van der Waals surface area contributed by atoms with Crippen LogP contribution < -0.4 is 10.2 Å². The van der Waals surface area contributed by atoms with E-state index >= 15 is 0 Å². The Labute approximate surface area is 147 Å². The Hall–Kier alpha value is -2.21. The van der Waals surface area contributed by atoms with Crippen molar-refractivity contribution in [1.29, 1.82) is 0 Å². The summed E-state index contributed by atoms with van der Waals surface area (Å²) < 4.78 is 5.68. The van der Waals surface area contributed by atoms with Gasteiger partial charge in [0.15, 0.2) is 11.6 Å². The van der Waals surface area contributed by atoms with Crippen LogP contribution in [0.4, 0.5) is 11.6 Å². The quantitative estimate of drug-likeness (QED) is 0.875. The lowest BCUT2D eigenvalue weighted by molar-refractivity contribution is -0.126. The number of benzene rings is 1. The van der Waals surface area contributed by atoms with Gasteiger partial charge in [-0.1, -0.05) is 12.1 Å². The van der Waals surface area contributed by atoms with E-state index in [1.807, 2.05) is 24.3 Å². The molecule has 1 N–H and O–H groups in total. The Bertz CT molecular complexity index is 769. The highest BCUT2D eigenvalue weighted by Crippen LogP contribution is 2.30. The Morgan fingerprint density at radius 3 is 2.60 bits per heavy atom. The van der Waals surface area contributed by atoms with Crippen molar-refractivity contribution in [3.8, 4) is 0 Å². The Kier molecular flexibility index (Phi) is 4.53. The van der Waals surface area contributed by atoms with Crippen LogP contribution in [0.1, 0.15) is 32.6 Å². The van der Waals surface area contributed by atoms with Crippen LogP contribution in [0.25, 0.3) is 11.0 Å². The molecule has 1 saturated heterocycles. The number of ether oxygens (including phenoxy) is 1. The number of hydrogen-bond acceptors (Lipinski definition) is 5. The Morgan fingerprint density at radius 2 is 1.92 bits per heavy atom. The van der Waals surface area contributed by atoms with Crippen molar-refractivity contribution in [3.63, 3.8) is 0 Å². The molecule has 1 saturated carbocycles. The van der Waals surface area contributed by atoms with Crippen molar-refractivity contribution in [1.82, 2.24) is 9.97 Å². The van der Waals surface area contributed by atoms with Crippen molar-refractivity contribution in [2.24, 2.45) is 5.92 Å². The van der Waals surface area contributed by atoms with Gasteiger partial charge in [-0.15, -0.1) is 0 Å². The van der Waals surface area contributed by atoms with Crippen LogP contribution in [-0.2, 0) is 9.53 Å². The second kappa shape index (κ2) is 6.96. The Morgan fingerprint density at radius 1 is 1.24 bits per heavy atom. The van der Waals surface area contributed by atoms with Gasteiger partial charge in [0.1, 0.15) is 6.10 Å². The summed E-state index contributed by atoms with van der Waals surface area (Å²) in [5.41, 5.74) is 1.63. The monoisotopic (exact) mass is 340 g/mol. The van der Waals surface area contributed by atoms with Crippen LogP contribution in [0.15, 0.2) is 24.3 Å². The third-order valence-electron chi connectivity index (χ3n) is 4.85. The minimum absolute atomic E-state index is 0.161. The first-order valence-corrected chi connectivity index (χ1v) is 9.15. The number of carbonyl (C=O) groups excluding carboxylic acids is 1. The van der Waals surface area contributed by atoms with E-state index < -0.39 is 6.10 Å². The molecule has 1 unspecified atom stereocenters. The zero-order chi connectivity index (χ0) is 17.2. The molecule has 1 atom stereocenters. The molecule has 6 heteroatoms. The van der Waals surface area contributed by atoms with Gasteiger partial charge in [-0.3, -0.25) is 4.79 Å². The van der Waals surface area contributed by atoms with Gasteiger partial charge in [0.05, 0.1) is 17.6 Å². The maximum Gasteiger partial charge on any atom is 0.254 e. The first-order chi connectivity index (χ1) is 12.2. The number of anilines is 2. The van der Waals surface area contributed by atoms with Crippen molar-refractivity contribution in [2.45, 2.75) is 38.7 Å². The minimum atomic E-state index is -0.486. The zero-order valence-electron chi connectivity index (χ0n) is 14.6. The summed E-state index contributed by atoms with van der Waals surface area (Å²) in [7, 11) is 0. The largest absolute Gasteiger partial charge is 0.368 e. The fourth-order valence-electron chi connectivity index (χ4n) is 3.08. The molecule has 6 nitrogen and oxygen atoms in total. The lowest BCUT2D eigenvalue weighted by atomic mass is 10.3. The zero-order valence-corrected chi connectivity index (χ0v) is 14.6. The SMILES string of the molecule is CC(OCC1CC1)C(=O)Nc1nc2ccccc2nc1N1CCCC1. The van der Waals surface area contributed by atoms with E-state index in [0.29, 0.717) is 18.3 Å². The van der Waals surface area contributed by atoms with E-state index in [1.54, 1.807) is 6.92 Å². The van der Waals surface area contributed by atoms with Crippen molar-refractivity contribution in [2.75, 3.05) is 29.9 Å². The highest BCUT2D eigenvalue weighted by Gasteiger charge is 2.26. The molecule has 1 amide bonds. The molecular formula is C19H24N4O2. The molecule has 2 aromatic rings. The van der Waals surface area contributed by atoms with Crippen molar-refractivity contribution in [3.05, 3.63) is 24.3 Å². The second-order valence-electron chi connectivity index (χ2n) is 6.99. The van der Waals surface area contributed by atoms with Crippen LogP contribution >= 0.6 is 0 Å². The normalized spacial score (nSPS) is 18.5. The molecule has 25 heavy (non-hydrogen) atoms. The predicted molar refractivity (Wildman–Crippen MR) is 97.8 cm³/mol. The molecule has 2 aliphatic rings. The summed E-state index contributed by atoms with van der Waals surface area (Å²) in [6.45, 7) is 4.35. The number of nitrogens with one attached hydrogen (secondary N) is 1. The van der Waals surface area contributed by atoms with Gasteiger partial charge in [-0.25, -0.2) is 9.97 Å². The van der Waals surface area contributed by atoms with E-state index in [2.05, 4.69) is 15.2 Å². The van der Waals surface area contributed by atoms with E-state index in [1.165, 1.54) is 12.8 Å². The smallest absolute Gasteiger partial charge is 0.254 e. The van der Waals surface area contributed by atoms with Crippen molar-refractivity contribution >= 4 is 28.6 Å². The number of amides is 1. The molecule has 0 spiro atoms. The lowest BCUT2D eigenvalue weighted by Gasteiger charge is -2.21. The molecule has 132 valence electrons. The maximum absolute atomic E-state index is 12.5. The van der Waals surface area contributed by atoms with E-state index in [9.17, 15) is 4.79 Å². The highest BCUT2D eigenvalue weighted by atomic mass is 16.5. The van der Waals surface area contributed by atoms with Crippen LogP contribution in [-0.4, -0.2) is 41.7 Å². The van der Waals surface area contributed by atoms with Gasteiger partial charge < -0.3 is 15.0 Å². The van der Waals surface area contributed by atoms with Crippen LogP contribution in [0.3, 0.4) is 0 Å². The number of aromatic nitrogens is 2. The van der Waals surface area contributed by atoms with Gasteiger partial charge in [-0.2, -0.15) is 0 Å². The molecule has 0 bridgehead atoms. The third kappa shape index (κ3) is 3.74. The molecular weight excluding hydrogens is 316 g/mol. The summed E-state index contributed by atoms with van der Waals surface area (Å²) in [5, 5.41) is 2.94. The molecule has 1 aromatic heterocycles. The second-order valence-corrected chi connectivity index (χ2v) is 6.99. The predicted octanol–water partition coefficient (Wildman–Crippen LogP) is 2.98. The van der Waals surface area contributed by atoms with E-state index in [0.717, 1.165) is 42.8 Å². The summed E-state index contributed by atoms with van der Waals surface area (Å²) in [5.74, 6) is 1.77. The first kappa shape index (κ1) is 16.3. The van der Waals surface area contributed by atoms with Gasteiger partial charge in [0.25, 0.3) is 5.91 Å². The number of carbonyl (C=O) groups is 1. The van der Waals surface area contributed by atoms with E-state index in [4.69, 9.17) is 9.72 Å². The topological polar surface area (TPSA) is 67.3 Å². The number of hydrogen-bond donors (Lipinski definition) is 1. The van der Waals surface area contributed by atoms with Crippen molar-refractivity contribution < 1.29 is 9.53 Å². The maximum atomic E-state index is 12.5. The summed E-state index contributed by atoms with van der Waals surface area (Å²) in [6.07, 6.45) is 4.22. The van der Waals surface area contributed by atoms with Gasteiger partial charge in [-0.05, 0) is 50.7 Å². The van der Waals surface area contributed by atoms with Gasteiger partial charge in [0.2, 0.25) is 0 Å². The van der Waals surface area contributed by atoms with Crippen LogP contribution in [0.5, 0.6) is 0 Å². The average molecular weight is 340 g/mol. The summed E-state index contributed by atoms with van der Waals surface area (Å²) >= 11 is 0. The Balaban J connectivity index is 1.57. The standard InChI is InChI=1S/C19H24N4O2/c1-13(25-12-14-8-9-14)19(24)22-17-18(23-10-4-5-11-23)21-16-7-3-2-6-15(16)20-17/h2-3,6-7,13-14H,4-5,8-12H2,1H3,(H,20,22,24). The molecule has 1 aromatic carbocycles. The lowest BCUT2D eigenvalue weighted by Crippen LogP contribution is -2.30. The van der Waals surface area contributed by atoms with Crippen LogP contribution in [0.2, 0.25) is 0 Å². The molecule has 0 radical (unpaired) electrons. The number of fused-ring (bicyclic) bond motifs is 1. The number of rotatable bonds is 6. The van der Waals surface area contributed by atoms with Crippen LogP contribution in [0, 0.1) is 5.92 Å². The molecule has 1 aliphatic heterocycles. The average Bonchev–Trinajstić information content (AvgIpc) is 3.30. The van der Waals surface area contributed by atoms with E-state index in [-0.39, 0.29) is 5.91 Å². The molecule has 2 fully saturated rings. The number of para-hydroxylation sites is 2. The molecule has 2 heterocycles. The summed E-state index contributed by atoms with van der Waals surface area (Å²) in [4.78, 5) is 24.1. The molecule has 4 rings (SSSR count). The highest BCUT2D eigenvalue weighted by molar-refractivity contribution is 5.96. The summed E-state index contributed by atoms with van der Waals surface area (Å²) in [6, 6.07) is 7.75.